The summed E-state index contributed by atoms with van der Waals surface area (Å²) >= 11 is 3.75. The van der Waals surface area contributed by atoms with Crippen LogP contribution in [0.15, 0.2) is 146 Å². The van der Waals surface area contributed by atoms with Crippen molar-refractivity contribution < 1.29 is 0 Å². The fourth-order valence-electron chi connectivity index (χ4n) is 7.57. The van der Waals surface area contributed by atoms with Crippen LogP contribution in [0.2, 0.25) is 0 Å². The van der Waals surface area contributed by atoms with Crippen molar-refractivity contribution in [1.82, 2.24) is 9.38 Å². The second kappa shape index (κ2) is 9.49. The number of benzene rings is 7. The first-order valence-corrected chi connectivity index (χ1v) is 17.5. The summed E-state index contributed by atoms with van der Waals surface area (Å²) in [5.74, 6) is 0. The van der Waals surface area contributed by atoms with Gasteiger partial charge in [-0.05, 0) is 51.0 Å². The standard InChI is InChI=1S/C43H24N2S2/c1-3-10-29-25(8-1)21-23-36-39(29)44-43-42-35(34-22-20-26-9-2-4-11-30(26)41(34)47-42)24-37(45(36)43)28-18-16-27(17-19-28)31-13-7-14-33-32-12-5-6-15-38(32)46-40(31)33/h1-24H. The van der Waals surface area contributed by atoms with Gasteiger partial charge in [0.15, 0.2) is 5.65 Å². The number of imidazole rings is 1. The highest BCUT2D eigenvalue weighted by Gasteiger charge is 2.20. The van der Waals surface area contributed by atoms with Crippen molar-refractivity contribution in [3.05, 3.63) is 146 Å². The van der Waals surface area contributed by atoms with Gasteiger partial charge in [-0.25, -0.2) is 4.98 Å². The van der Waals surface area contributed by atoms with Crippen molar-refractivity contribution in [2.75, 3.05) is 0 Å². The van der Waals surface area contributed by atoms with Gasteiger partial charge >= 0.3 is 0 Å². The predicted molar refractivity (Wildman–Crippen MR) is 204 cm³/mol. The van der Waals surface area contributed by atoms with E-state index in [-0.39, 0.29) is 0 Å². The Morgan fingerprint density at radius 1 is 0.447 bits per heavy atom. The predicted octanol–water partition coefficient (Wildman–Crippen LogP) is 12.9. The first-order chi connectivity index (χ1) is 23.3. The van der Waals surface area contributed by atoms with Gasteiger partial charge in [0.2, 0.25) is 0 Å². The molecule has 0 aliphatic heterocycles. The molecule has 4 aromatic heterocycles. The fourth-order valence-corrected chi connectivity index (χ4v) is 10.1. The maximum atomic E-state index is 5.43. The minimum absolute atomic E-state index is 1.02. The van der Waals surface area contributed by atoms with Crippen LogP contribution < -0.4 is 0 Å². The number of hydrogen-bond donors (Lipinski definition) is 0. The normalized spacial score (nSPS) is 12.3. The van der Waals surface area contributed by atoms with Gasteiger partial charge in [-0.15, -0.1) is 22.7 Å². The number of rotatable bonds is 2. The van der Waals surface area contributed by atoms with E-state index in [1.165, 1.54) is 78.6 Å². The van der Waals surface area contributed by atoms with Gasteiger partial charge in [0, 0.05) is 41.0 Å². The molecule has 11 aromatic rings. The SMILES string of the molecule is c1ccc2c(c1)ccc1c2nc2c3sc4c5ccccc5ccc4c3cc(-c3ccc(-c4cccc5c4sc4ccccc45)cc3)n12. The molecule has 0 unspecified atom stereocenters. The van der Waals surface area contributed by atoms with E-state index in [1.807, 2.05) is 22.7 Å². The third-order valence-electron chi connectivity index (χ3n) is 9.79. The summed E-state index contributed by atoms with van der Waals surface area (Å²) in [7, 11) is 0. The Balaban J connectivity index is 1.20. The van der Waals surface area contributed by atoms with Crippen LogP contribution in [-0.4, -0.2) is 9.38 Å². The van der Waals surface area contributed by atoms with Gasteiger partial charge in [-0.1, -0.05) is 127 Å². The molecule has 0 aliphatic rings. The average molecular weight is 633 g/mol. The van der Waals surface area contributed by atoms with Crippen LogP contribution in [0.3, 0.4) is 0 Å². The lowest BCUT2D eigenvalue weighted by Crippen LogP contribution is -1.93. The lowest BCUT2D eigenvalue weighted by molar-refractivity contribution is 1.25. The van der Waals surface area contributed by atoms with E-state index in [1.54, 1.807) is 0 Å². The summed E-state index contributed by atoms with van der Waals surface area (Å²) in [4.78, 5) is 5.43. The topological polar surface area (TPSA) is 17.3 Å². The molecule has 4 heteroatoms. The molecular weight excluding hydrogens is 609 g/mol. The number of hydrogen-bond acceptors (Lipinski definition) is 3. The molecule has 0 fully saturated rings. The molecule has 0 atom stereocenters. The molecule has 218 valence electrons. The molecule has 4 heterocycles. The number of fused-ring (bicyclic) bond motifs is 14. The van der Waals surface area contributed by atoms with Gasteiger partial charge in [0.1, 0.15) is 0 Å². The zero-order valence-electron chi connectivity index (χ0n) is 25.1. The molecule has 0 spiro atoms. The maximum absolute atomic E-state index is 5.43. The number of aromatic nitrogens is 2. The smallest absolute Gasteiger partial charge is 0.156 e. The monoisotopic (exact) mass is 632 g/mol. The molecule has 7 aromatic carbocycles. The number of thiophene rings is 2. The minimum Gasteiger partial charge on any atom is -0.291 e. The molecule has 47 heavy (non-hydrogen) atoms. The minimum atomic E-state index is 1.02. The van der Waals surface area contributed by atoms with E-state index in [0.717, 1.165) is 22.4 Å². The van der Waals surface area contributed by atoms with Crippen LogP contribution in [0, 0.1) is 0 Å². The summed E-state index contributed by atoms with van der Waals surface area (Å²) < 4.78 is 7.62. The van der Waals surface area contributed by atoms with E-state index >= 15 is 0 Å². The molecule has 0 bridgehead atoms. The van der Waals surface area contributed by atoms with Crippen LogP contribution in [0.4, 0.5) is 0 Å². The van der Waals surface area contributed by atoms with Gasteiger partial charge in [0.25, 0.3) is 0 Å². The van der Waals surface area contributed by atoms with Crippen molar-refractivity contribution in [1.29, 1.82) is 0 Å². The van der Waals surface area contributed by atoms with E-state index in [2.05, 4.69) is 150 Å². The Morgan fingerprint density at radius 2 is 1.13 bits per heavy atom. The first kappa shape index (κ1) is 25.6. The second-order valence-electron chi connectivity index (χ2n) is 12.3. The molecule has 0 N–H and O–H groups in total. The van der Waals surface area contributed by atoms with Crippen molar-refractivity contribution in [2.45, 2.75) is 0 Å². The van der Waals surface area contributed by atoms with Crippen LogP contribution in [0.25, 0.3) is 101 Å². The highest BCUT2D eigenvalue weighted by atomic mass is 32.1. The Labute approximate surface area is 277 Å². The van der Waals surface area contributed by atoms with Gasteiger partial charge in [-0.3, -0.25) is 4.40 Å². The molecule has 0 radical (unpaired) electrons. The molecular formula is C43H24N2S2. The quantitative estimate of drug-likeness (QED) is 0.185. The second-order valence-corrected chi connectivity index (χ2v) is 14.4. The zero-order chi connectivity index (χ0) is 30.6. The molecule has 11 rings (SSSR count). The zero-order valence-corrected chi connectivity index (χ0v) is 26.7. The summed E-state index contributed by atoms with van der Waals surface area (Å²) in [5.41, 5.74) is 8.06. The van der Waals surface area contributed by atoms with Gasteiger partial charge in [-0.2, -0.15) is 0 Å². The Hall–Kier alpha value is -5.55. The van der Waals surface area contributed by atoms with Crippen molar-refractivity contribution in [3.63, 3.8) is 0 Å². The first-order valence-electron chi connectivity index (χ1n) is 15.9. The van der Waals surface area contributed by atoms with Crippen molar-refractivity contribution in [2.24, 2.45) is 0 Å². The van der Waals surface area contributed by atoms with Gasteiger partial charge in [0.05, 0.1) is 21.4 Å². The molecule has 0 amide bonds. The maximum Gasteiger partial charge on any atom is 0.156 e. The molecule has 2 nitrogen and oxygen atoms in total. The van der Waals surface area contributed by atoms with E-state index in [9.17, 15) is 0 Å². The van der Waals surface area contributed by atoms with Crippen LogP contribution >= 0.6 is 22.7 Å². The highest BCUT2D eigenvalue weighted by Crippen LogP contribution is 2.44. The summed E-state index contributed by atoms with van der Waals surface area (Å²) in [6.07, 6.45) is 0. The Morgan fingerprint density at radius 3 is 2.00 bits per heavy atom. The summed E-state index contributed by atoms with van der Waals surface area (Å²) in [6, 6.07) is 53.3. The van der Waals surface area contributed by atoms with E-state index < -0.39 is 0 Å². The fraction of sp³-hybridized carbons (Fsp3) is 0. The summed E-state index contributed by atoms with van der Waals surface area (Å²) in [6.45, 7) is 0. The highest BCUT2D eigenvalue weighted by molar-refractivity contribution is 7.27. The largest absolute Gasteiger partial charge is 0.291 e. The van der Waals surface area contributed by atoms with Crippen molar-refractivity contribution >= 4 is 101 Å². The number of nitrogens with zero attached hydrogens (tertiary/aromatic N) is 2. The lowest BCUT2D eigenvalue weighted by Gasteiger charge is -2.11. The molecule has 0 aliphatic carbocycles. The van der Waals surface area contributed by atoms with E-state index in [4.69, 9.17) is 4.98 Å². The van der Waals surface area contributed by atoms with Crippen molar-refractivity contribution in [3.8, 4) is 22.4 Å². The molecule has 0 saturated carbocycles. The summed E-state index contributed by atoms with van der Waals surface area (Å²) in [5, 5.41) is 10.2. The third-order valence-corrected chi connectivity index (χ3v) is 12.3. The lowest BCUT2D eigenvalue weighted by atomic mass is 10.00. The van der Waals surface area contributed by atoms with Crippen LogP contribution in [0.1, 0.15) is 0 Å². The number of pyridine rings is 1. The average Bonchev–Trinajstić information content (AvgIpc) is 3.83. The van der Waals surface area contributed by atoms with E-state index in [0.29, 0.717) is 0 Å². The Kier molecular flexibility index (Phi) is 5.17. The van der Waals surface area contributed by atoms with Crippen LogP contribution in [-0.2, 0) is 0 Å². The van der Waals surface area contributed by atoms with Crippen LogP contribution in [0.5, 0.6) is 0 Å². The van der Waals surface area contributed by atoms with Gasteiger partial charge < -0.3 is 0 Å². The third kappa shape index (κ3) is 3.57. The Bertz CT molecular complexity index is 3070. The molecule has 0 saturated heterocycles.